The van der Waals surface area contributed by atoms with E-state index in [1.807, 2.05) is 13.8 Å². The van der Waals surface area contributed by atoms with Crippen molar-refractivity contribution < 1.29 is 4.79 Å². The fourth-order valence-corrected chi connectivity index (χ4v) is 1.70. The lowest BCUT2D eigenvalue weighted by Gasteiger charge is -2.40. The maximum absolute atomic E-state index is 11.5. The Hall–Kier alpha value is -0.370. The minimum absolute atomic E-state index is 0.175. The lowest BCUT2D eigenvalue weighted by molar-refractivity contribution is -0.125. The largest absolute Gasteiger partial charge is 0.330 e. The van der Waals surface area contributed by atoms with Crippen molar-refractivity contribution in [2.45, 2.75) is 39.5 Å². The number of Topliss-reactive ketones (excluding diaryl/α,β-unsaturated/α-hetero) is 1. The molecule has 0 bridgehead atoms. The molecule has 1 fully saturated rings. The predicted octanol–water partition coefficient (Wildman–Crippen LogP) is 1.73. The highest BCUT2D eigenvalue weighted by Crippen LogP contribution is 2.43. The van der Waals surface area contributed by atoms with Crippen molar-refractivity contribution in [1.29, 1.82) is 0 Å². The van der Waals surface area contributed by atoms with E-state index >= 15 is 0 Å². The topological polar surface area (TPSA) is 43.1 Å². The number of carbonyl (C=O) groups excluding carboxylic acids is 1. The lowest BCUT2D eigenvalue weighted by atomic mass is 9.65. The molecule has 0 aromatic carbocycles. The summed E-state index contributed by atoms with van der Waals surface area (Å²) in [4.78, 5) is 11.5. The molecule has 0 radical (unpaired) electrons. The number of rotatable bonds is 4. The van der Waals surface area contributed by atoms with Crippen molar-refractivity contribution in [3.63, 3.8) is 0 Å². The Kier molecular flexibility index (Phi) is 2.89. The van der Waals surface area contributed by atoms with Crippen molar-refractivity contribution in [2.24, 2.45) is 17.1 Å². The molecule has 0 aliphatic heterocycles. The summed E-state index contributed by atoms with van der Waals surface area (Å²) >= 11 is 0. The Labute approximate surface area is 74.5 Å². The van der Waals surface area contributed by atoms with Crippen molar-refractivity contribution in [2.75, 3.05) is 6.54 Å². The Bertz CT molecular complexity index is 165. The molecule has 2 nitrogen and oxygen atoms in total. The van der Waals surface area contributed by atoms with Crippen LogP contribution >= 0.6 is 0 Å². The van der Waals surface area contributed by atoms with Crippen LogP contribution in [0.5, 0.6) is 0 Å². The van der Waals surface area contributed by atoms with Gasteiger partial charge in [0.25, 0.3) is 0 Å². The minimum Gasteiger partial charge on any atom is -0.330 e. The van der Waals surface area contributed by atoms with Crippen LogP contribution < -0.4 is 5.73 Å². The van der Waals surface area contributed by atoms with E-state index in [2.05, 4.69) is 0 Å². The van der Waals surface area contributed by atoms with Gasteiger partial charge in [0.05, 0.1) is 0 Å². The van der Waals surface area contributed by atoms with E-state index in [9.17, 15) is 4.79 Å². The second kappa shape index (κ2) is 3.56. The molecule has 1 saturated carbocycles. The molecule has 70 valence electrons. The Balaban J connectivity index is 2.43. The number of nitrogens with two attached hydrogens (primary N) is 1. The molecule has 0 unspecified atom stereocenters. The van der Waals surface area contributed by atoms with E-state index in [1.165, 1.54) is 6.42 Å². The summed E-state index contributed by atoms with van der Waals surface area (Å²) in [5, 5.41) is 0. The van der Waals surface area contributed by atoms with Crippen LogP contribution in [0.3, 0.4) is 0 Å². The second-order valence-electron chi connectivity index (χ2n) is 4.36. The Morgan fingerprint density at radius 2 is 2.08 bits per heavy atom. The molecule has 2 heteroatoms. The summed E-state index contributed by atoms with van der Waals surface area (Å²) in [5.74, 6) is 0.550. The van der Waals surface area contributed by atoms with E-state index in [-0.39, 0.29) is 11.3 Å². The number of carbonyl (C=O) groups is 1. The van der Waals surface area contributed by atoms with E-state index in [0.717, 1.165) is 12.8 Å². The number of hydrogen-bond acceptors (Lipinski definition) is 2. The third kappa shape index (κ3) is 1.86. The van der Waals surface area contributed by atoms with Gasteiger partial charge in [0, 0.05) is 12.3 Å². The second-order valence-corrected chi connectivity index (χ2v) is 4.36. The number of ketones is 1. The molecule has 1 aliphatic carbocycles. The molecule has 2 N–H and O–H groups in total. The molecular weight excluding hydrogens is 150 g/mol. The first-order valence-electron chi connectivity index (χ1n) is 4.82. The normalized spacial score (nSPS) is 20.7. The van der Waals surface area contributed by atoms with Crippen LogP contribution in [0.4, 0.5) is 0 Å². The zero-order chi connectivity index (χ0) is 9.19. The standard InChI is InChI=1S/C10H19NO/c1-8(2)9(12)6-10(7-11)4-3-5-10/h8H,3-7,11H2,1-2H3. The van der Waals surface area contributed by atoms with Gasteiger partial charge in [0.1, 0.15) is 5.78 Å². The highest BCUT2D eigenvalue weighted by atomic mass is 16.1. The van der Waals surface area contributed by atoms with Gasteiger partial charge in [0.15, 0.2) is 0 Å². The van der Waals surface area contributed by atoms with Crippen LogP contribution in [0.25, 0.3) is 0 Å². The molecule has 0 aromatic rings. The molecule has 0 atom stereocenters. The van der Waals surface area contributed by atoms with Crippen LogP contribution in [0, 0.1) is 11.3 Å². The summed E-state index contributed by atoms with van der Waals surface area (Å²) < 4.78 is 0. The molecule has 0 aromatic heterocycles. The van der Waals surface area contributed by atoms with Crippen LogP contribution in [0.2, 0.25) is 0 Å². The summed E-state index contributed by atoms with van der Waals surface area (Å²) in [5.41, 5.74) is 5.86. The van der Waals surface area contributed by atoms with Crippen LogP contribution in [0.15, 0.2) is 0 Å². The average Bonchev–Trinajstić information content (AvgIpc) is 1.96. The quantitative estimate of drug-likeness (QED) is 0.696. The fourth-order valence-electron chi connectivity index (χ4n) is 1.70. The van der Waals surface area contributed by atoms with E-state index < -0.39 is 0 Å². The Morgan fingerprint density at radius 1 is 1.50 bits per heavy atom. The Morgan fingerprint density at radius 3 is 2.33 bits per heavy atom. The van der Waals surface area contributed by atoms with Gasteiger partial charge in [-0.1, -0.05) is 20.3 Å². The first-order valence-corrected chi connectivity index (χ1v) is 4.82. The first-order chi connectivity index (χ1) is 5.59. The van der Waals surface area contributed by atoms with Gasteiger partial charge in [-0.3, -0.25) is 4.79 Å². The minimum atomic E-state index is 0.175. The van der Waals surface area contributed by atoms with Crippen LogP contribution in [0.1, 0.15) is 39.5 Å². The van der Waals surface area contributed by atoms with Crippen molar-refractivity contribution in [1.82, 2.24) is 0 Å². The number of hydrogen-bond donors (Lipinski definition) is 1. The monoisotopic (exact) mass is 169 g/mol. The third-order valence-electron chi connectivity index (χ3n) is 3.04. The van der Waals surface area contributed by atoms with Crippen molar-refractivity contribution >= 4 is 5.78 Å². The van der Waals surface area contributed by atoms with Crippen LogP contribution in [-0.2, 0) is 4.79 Å². The SMILES string of the molecule is CC(C)C(=O)CC1(CN)CCC1. The van der Waals surface area contributed by atoms with Crippen molar-refractivity contribution in [3.05, 3.63) is 0 Å². The van der Waals surface area contributed by atoms with Gasteiger partial charge in [-0.15, -0.1) is 0 Å². The van der Waals surface area contributed by atoms with E-state index in [4.69, 9.17) is 5.73 Å². The van der Waals surface area contributed by atoms with Crippen LogP contribution in [-0.4, -0.2) is 12.3 Å². The van der Waals surface area contributed by atoms with Gasteiger partial charge in [-0.05, 0) is 24.8 Å². The zero-order valence-electron chi connectivity index (χ0n) is 8.10. The summed E-state index contributed by atoms with van der Waals surface area (Å²) in [6, 6.07) is 0. The van der Waals surface area contributed by atoms with Crippen molar-refractivity contribution in [3.8, 4) is 0 Å². The zero-order valence-corrected chi connectivity index (χ0v) is 8.10. The molecule has 0 heterocycles. The molecule has 0 spiro atoms. The summed E-state index contributed by atoms with van der Waals surface area (Å²) in [7, 11) is 0. The fraction of sp³-hybridized carbons (Fsp3) is 0.900. The van der Waals surface area contributed by atoms with E-state index in [0.29, 0.717) is 18.7 Å². The molecule has 1 aliphatic rings. The molecule has 0 saturated heterocycles. The molecule has 0 amide bonds. The van der Waals surface area contributed by atoms with E-state index in [1.54, 1.807) is 0 Å². The average molecular weight is 169 g/mol. The highest BCUT2D eigenvalue weighted by Gasteiger charge is 2.37. The maximum Gasteiger partial charge on any atom is 0.136 e. The highest BCUT2D eigenvalue weighted by molar-refractivity contribution is 5.81. The van der Waals surface area contributed by atoms with Gasteiger partial charge in [0.2, 0.25) is 0 Å². The van der Waals surface area contributed by atoms with Gasteiger partial charge in [-0.25, -0.2) is 0 Å². The smallest absolute Gasteiger partial charge is 0.136 e. The predicted molar refractivity (Wildman–Crippen MR) is 49.8 cm³/mol. The van der Waals surface area contributed by atoms with Gasteiger partial charge in [-0.2, -0.15) is 0 Å². The summed E-state index contributed by atoms with van der Waals surface area (Å²) in [6.07, 6.45) is 4.27. The maximum atomic E-state index is 11.5. The van der Waals surface area contributed by atoms with Gasteiger partial charge >= 0.3 is 0 Å². The molecule has 12 heavy (non-hydrogen) atoms. The molecule has 1 rings (SSSR count). The lowest BCUT2D eigenvalue weighted by Crippen LogP contribution is -2.39. The summed E-state index contributed by atoms with van der Waals surface area (Å²) in [6.45, 7) is 4.61. The first kappa shape index (κ1) is 9.72. The van der Waals surface area contributed by atoms with Gasteiger partial charge < -0.3 is 5.73 Å². The molecular formula is C10H19NO. The third-order valence-corrected chi connectivity index (χ3v) is 3.04.